The zero-order chi connectivity index (χ0) is 20.5. The number of hydrogen-bond donors (Lipinski definition) is 1. The first kappa shape index (κ1) is 19.0. The monoisotopic (exact) mass is 415 g/mol. The lowest BCUT2D eigenvalue weighted by Gasteiger charge is -2.04. The second kappa shape index (κ2) is 7.59. The summed E-state index contributed by atoms with van der Waals surface area (Å²) < 4.78 is 38.7. The van der Waals surface area contributed by atoms with E-state index in [-0.39, 0.29) is 11.5 Å². The molecule has 0 aliphatic heterocycles. The molecule has 0 aliphatic carbocycles. The Morgan fingerprint density at radius 3 is 2.66 bits per heavy atom. The summed E-state index contributed by atoms with van der Waals surface area (Å²) in [4.78, 5) is 16.9. The number of carbonyl (C=O) groups excluding carboxylic acids is 1. The maximum Gasteiger partial charge on any atom is 0.387 e. The summed E-state index contributed by atoms with van der Waals surface area (Å²) in [5.74, 6) is 0.213. The molecule has 0 atom stereocenters. The molecule has 29 heavy (non-hydrogen) atoms. The fraction of sp³-hybridized carbons (Fsp3) is 0.150. The summed E-state index contributed by atoms with van der Waals surface area (Å²) in [6.07, 6.45) is 0. The van der Waals surface area contributed by atoms with Crippen molar-refractivity contribution < 1.29 is 22.7 Å². The molecule has 0 radical (unpaired) electrons. The molecule has 0 spiro atoms. The smallest absolute Gasteiger partial charge is 0.387 e. The quantitative estimate of drug-likeness (QED) is 0.471. The van der Waals surface area contributed by atoms with Gasteiger partial charge in [-0.05, 0) is 49.7 Å². The first-order valence-electron chi connectivity index (χ1n) is 8.61. The number of ether oxygens (including phenoxy) is 1. The molecule has 0 aliphatic rings. The Morgan fingerprint density at radius 2 is 1.93 bits per heavy atom. The van der Waals surface area contributed by atoms with Crippen molar-refractivity contribution >= 4 is 33.5 Å². The van der Waals surface area contributed by atoms with Crippen LogP contribution in [0.5, 0.6) is 5.75 Å². The molecular formula is C20H15F2N3O3S. The Kier molecular flexibility index (Phi) is 4.98. The van der Waals surface area contributed by atoms with E-state index in [0.29, 0.717) is 22.1 Å². The van der Waals surface area contributed by atoms with Crippen LogP contribution >= 0.6 is 11.5 Å². The highest BCUT2D eigenvalue weighted by atomic mass is 32.1. The molecule has 6 nitrogen and oxygen atoms in total. The van der Waals surface area contributed by atoms with Gasteiger partial charge in [-0.1, -0.05) is 12.1 Å². The number of alkyl halides is 2. The Balaban J connectivity index is 1.52. The predicted octanol–water partition coefficient (Wildman–Crippen LogP) is 5.42. The molecule has 2 aromatic carbocycles. The fourth-order valence-corrected chi connectivity index (χ4v) is 3.46. The summed E-state index contributed by atoms with van der Waals surface area (Å²) >= 11 is 1.01. The van der Waals surface area contributed by atoms with E-state index < -0.39 is 12.5 Å². The van der Waals surface area contributed by atoms with E-state index in [4.69, 9.17) is 4.42 Å². The predicted molar refractivity (Wildman–Crippen MR) is 106 cm³/mol. The molecule has 0 unspecified atom stereocenters. The number of amides is 1. The van der Waals surface area contributed by atoms with Crippen LogP contribution in [0.3, 0.4) is 0 Å². The van der Waals surface area contributed by atoms with Crippen molar-refractivity contribution in [2.24, 2.45) is 0 Å². The highest BCUT2D eigenvalue weighted by Gasteiger charge is 2.19. The maximum absolute atomic E-state index is 12.6. The standard InChI is InChI=1S/C20H15F2N3O3S/c1-10-3-8-14-11(2)16(28-15(14)9-10)18(26)24-20-23-17(25-29-20)12-4-6-13(7-5-12)27-19(21)22/h3-9,19H,1-2H3,(H,23,24,25,26). The van der Waals surface area contributed by atoms with Crippen LogP contribution in [0.4, 0.5) is 13.9 Å². The highest BCUT2D eigenvalue weighted by Crippen LogP contribution is 2.28. The SMILES string of the molecule is Cc1ccc2c(C)c(C(=O)Nc3nc(-c4ccc(OC(F)F)cc4)ns3)oc2c1. The molecule has 1 amide bonds. The topological polar surface area (TPSA) is 77.2 Å². The number of nitrogens with zero attached hydrogens (tertiary/aromatic N) is 2. The molecule has 0 fully saturated rings. The Hall–Kier alpha value is -3.33. The van der Waals surface area contributed by atoms with Crippen molar-refractivity contribution in [1.82, 2.24) is 9.36 Å². The van der Waals surface area contributed by atoms with Crippen molar-refractivity contribution in [1.29, 1.82) is 0 Å². The number of aryl methyl sites for hydroxylation is 2. The van der Waals surface area contributed by atoms with Crippen LogP contribution in [0.15, 0.2) is 46.9 Å². The number of fused-ring (bicyclic) bond motifs is 1. The van der Waals surface area contributed by atoms with Gasteiger partial charge in [-0.3, -0.25) is 10.1 Å². The molecular weight excluding hydrogens is 400 g/mol. The zero-order valence-corrected chi connectivity index (χ0v) is 16.2. The molecule has 0 saturated heterocycles. The van der Waals surface area contributed by atoms with Crippen LogP contribution in [-0.2, 0) is 0 Å². The normalized spacial score (nSPS) is 11.2. The van der Waals surface area contributed by atoms with Gasteiger partial charge in [-0.25, -0.2) is 0 Å². The molecule has 4 aromatic rings. The third-order valence-electron chi connectivity index (χ3n) is 4.28. The van der Waals surface area contributed by atoms with Crippen molar-refractivity contribution in [3.8, 4) is 17.1 Å². The molecule has 0 saturated carbocycles. The number of rotatable bonds is 5. The van der Waals surface area contributed by atoms with Gasteiger partial charge in [0, 0.05) is 28.0 Å². The summed E-state index contributed by atoms with van der Waals surface area (Å²) in [5.41, 5.74) is 3.05. The first-order valence-corrected chi connectivity index (χ1v) is 9.38. The second-order valence-corrected chi connectivity index (χ2v) is 7.09. The number of halogens is 2. The first-order chi connectivity index (χ1) is 13.9. The van der Waals surface area contributed by atoms with Crippen molar-refractivity contribution in [2.75, 3.05) is 5.32 Å². The molecule has 2 heterocycles. The third-order valence-corrected chi connectivity index (χ3v) is 4.91. The number of nitrogens with one attached hydrogen (secondary N) is 1. The summed E-state index contributed by atoms with van der Waals surface area (Å²) in [6, 6.07) is 11.7. The van der Waals surface area contributed by atoms with Crippen LogP contribution < -0.4 is 10.1 Å². The van der Waals surface area contributed by atoms with Gasteiger partial charge >= 0.3 is 6.61 Å². The third kappa shape index (κ3) is 3.95. The summed E-state index contributed by atoms with van der Waals surface area (Å²) in [5, 5.41) is 3.87. The van der Waals surface area contributed by atoms with E-state index in [1.165, 1.54) is 12.1 Å². The van der Waals surface area contributed by atoms with Crippen LogP contribution in [-0.4, -0.2) is 21.9 Å². The van der Waals surface area contributed by atoms with Gasteiger partial charge in [-0.2, -0.15) is 18.1 Å². The summed E-state index contributed by atoms with van der Waals surface area (Å²) in [6.45, 7) is 0.891. The van der Waals surface area contributed by atoms with Crippen LogP contribution in [0.2, 0.25) is 0 Å². The molecule has 2 aromatic heterocycles. The van der Waals surface area contributed by atoms with Gasteiger partial charge in [-0.15, -0.1) is 0 Å². The van der Waals surface area contributed by atoms with E-state index >= 15 is 0 Å². The second-order valence-electron chi connectivity index (χ2n) is 6.34. The van der Waals surface area contributed by atoms with Crippen LogP contribution in [0, 0.1) is 13.8 Å². The molecule has 148 valence electrons. The average molecular weight is 415 g/mol. The van der Waals surface area contributed by atoms with Gasteiger partial charge < -0.3 is 9.15 Å². The lowest BCUT2D eigenvalue weighted by atomic mass is 10.1. The van der Waals surface area contributed by atoms with E-state index in [0.717, 1.165) is 28.0 Å². The van der Waals surface area contributed by atoms with Crippen molar-refractivity contribution in [2.45, 2.75) is 20.5 Å². The number of anilines is 1. The van der Waals surface area contributed by atoms with E-state index in [1.807, 2.05) is 32.0 Å². The Bertz CT molecular complexity index is 1190. The van der Waals surface area contributed by atoms with Gasteiger partial charge in [0.05, 0.1) is 0 Å². The van der Waals surface area contributed by atoms with E-state index in [2.05, 4.69) is 19.4 Å². The van der Waals surface area contributed by atoms with Gasteiger partial charge in [0.15, 0.2) is 11.6 Å². The van der Waals surface area contributed by atoms with Gasteiger partial charge in [0.1, 0.15) is 11.3 Å². The minimum absolute atomic E-state index is 0.0445. The van der Waals surface area contributed by atoms with Crippen molar-refractivity contribution in [3.05, 3.63) is 59.4 Å². The number of hydrogen-bond acceptors (Lipinski definition) is 6. The minimum atomic E-state index is -2.88. The molecule has 9 heteroatoms. The number of furan rings is 1. The van der Waals surface area contributed by atoms with Gasteiger partial charge in [0.25, 0.3) is 5.91 Å². The molecule has 1 N–H and O–H groups in total. The van der Waals surface area contributed by atoms with E-state index in [1.54, 1.807) is 12.1 Å². The molecule has 4 rings (SSSR count). The van der Waals surface area contributed by atoms with E-state index in [9.17, 15) is 13.6 Å². The Morgan fingerprint density at radius 1 is 1.17 bits per heavy atom. The van der Waals surface area contributed by atoms with Gasteiger partial charge in [0.2, 0.25) is 5.13 Å². The lowest BCUT2D eigenvalue weighted by molar-refractivity contribution is -0.0498. The number of benzene rings is 2. The Labute approximate surface area is 168 Å². The number of aromatic nitrogens is 2. The lowest BCUT2D eigenvalue weighted by Crippen LogP contribution is -2.11. The zero-order valence-electron chi connectivity index (χ0n) is 15.4. The largest absolute Gasteiger partial charge is 0.451 e. The highest BCUT2D eigenvalue weighted by molar-refractivity contribution is 7.10. The summed E-state index contributed by atoms with van der Waals surface area (Å²) in [7, 11) is 0. The van der Waals surface area contributed by atoms with Crippen molar-refractivity contribution in [3.63, 3.8) is 0 Å². The maximum atomic E-state index is 12.6. The van der Waals surface area contributed by atoms with Crippen LogP contribution in [0.25, 0.3) is 22.4 Å². The average Bonchev–Trinajstić information content (AvgIpc) is 3.26. The molecule has 0 bridgehead atoms. The minimum Gasteiger partial charge on any atom is -0.451 e. The van der Waals surface area contributed by atoms with Crippen LogP contribution in [0.1, 0.15) is 21.7 Å². The number of carbonyl (C=O) groups is 1. The fourth-order valence-electron chi connectivity index (χ4n) is 2.88.